The Hall–Kier alpha value is -1.72. The van der Waals surface area contributed by atoms with Gasteiger partial charge in [-0.2, -0.15) is 0 Å². The lowest BCUT2D eigenvalue weighted by Gasteiger charge is -2.29. The first-order chi connectivity index (χ1) is 10.8. The number of fused-ring (bicyclic) bond motifs is 1. The average molecular weight is 298 g/mol. The highest BCUT2D eigenvalue weighted by Gasteiger charge is 2.60. The summed E-state index contributed by atoms with van der Waals surface area (Å²) in [7, 11) is 0. The van der Waals surface area contributed by atoms with Gasteiger partial charge in [0.1, 0.15) is 19.8 Å². The molecule has 2 fully saturated rings. The second-order valence-electron chi connectivity index (χ2n) is 6.10. The first-order valence-electron chi connectivity index (χ1n) is 7.65. The Kier molecular flexibility index (Phi) is 3.47. The van der Waals surface area contributed by atoms with Crippen LogP contribution in [-0.2, 0) is 9.47 Å². The summed E-state index contributed by atoms with van der Waals surface area (Å²) in [5.74, 6) is 0. The van der Waals surface area contributed by atoms with Crippen molar-refractivity contribution in [2.45, 2.75) is 18.0 Å². The third-order valence-electron chi connectivity index (χ3n) is 4.74. The maximum absolute atomic E-state index is 9.98. The Morgan fingerprint density at radius 2 is 1.32 bits per heavy atom. The van der Waals surface area contributed by atoms with Crippen molar-refractivity contribution in [3.63, 3.8) is 0 Å². The van der Waals surface area contributed by atoms with Crippen LogP contribution in [0.3, 0.4) is 0 Å². The van der Waals surface area contributed by atoms with Crippen LogP contribution in [0.4, 0.5) is 0 Å². The van der Waals surface area contributed by atoms with Gasteiger partial charge < -0.3 is 14.6 Å². The number of hydrogen-bond donors (Lipinski definition) is 2. The molecular formula is C18H20NO3+. The molecule has 0 unspecified atom stereocenters. The number of aliphatic hydroxyl groups is 1. The highest BCUT2D eigenvalue weighted by Crippen LogP contribution is 2.31. The maximum atomic E-state index is 9.98. The quantitative estimate of drug-likeness (QED) is 0.890. The first-order valence-corrected chi connectivity index (χ1v) is 7.65. The van der Waals surface area contributed by atoms with Crippen molar-refractivity contribution in [1.29, 1.82) is 0 Å². The lowest BCUT2D eigenvalue weighted by Crippen LogP contribution is -3.17. The molecule has 4 nitrogen and oxygen atoms in total. The standard InChI is InChI=1S/C18H19NO3/c20-11-18-12-21-16(14-7-3-1-4-8-14)19(18)17(22-13-18)15-9-5-2-6-10-15/h1-10,16-17,20H,11-13H2/p+1/t16-,17-/m1/s1. The van der Waals surface area contributed by atoms with Crippen LogP contribution in [0.25, 0.3) is 0 Å². The van der Waals surface area contributed by atoms with Crippen molar-refractivity contribution in [3.05, 3.63) is 71.8 Å². The van der Waals surface area contributed by atoms with E-state index in [1.807, 2.05) is 36.4 Å². The van der Waals surface area contributed by atoms with Gasteiger partial charge in [-0.05, 0) is 0 Å². The van der Waals surface area contributed by atoms with Crippen molar-refractivity contribution >= 4 is 0 Å². The van der Waals surface area contributed by atoms with Crippen LogP contribution in [0, 0.1) is 0 Å². The zero-order chi connectivity index (χ0) is 15.0. The summed E-state index contributed by atoms with van der Waals surface area (Å²) in [6.07, 6.45) is -0.220. The minimum absolute atomic E-state index is 0.0645. The molecule has 114 valence electrons. The summed E-state index contributed by atoms with van der Waals surface area (Å²) in [5.41, 5.74) is 1.87. The summed E-state index contributed by atoms with van der Waals surface area (Å²) in [4.78, 5) is 1.16. The highest BCUT2D eigenvalue weighted by atomic mass is 16.6. The van der Waals surface area contributed by atoms with Crippen LogP contribution < -0.4 is 4.90 Å². The molecule has 0 radical (unpaired) electrons. The Labute approximate surface area is 129 Å². The van der Waals surface area contributed by atoms with Crippen LogP contribution in [0.15, 0.2) is 60.7 Å². The predicted molar refractivity (Wildman–Crippen MR) is 81.0 cm³/mol. The topological polar surface area (TPSA) is 43.1 Å². The van der Waals surface area contributed by atoms with E-state index < -0.39 is 0 Å². The molecule has 0 aromatic heterocycles. The van der Waals surface area contributed by atoms with Crippen molar-refractivity contribution in [1.82, 2.24) is 0 Å². The number of benzene rings is 2. The Morgan fingerprint density at radius 3 is 1.73 bits per heavy atom. The lowest BCUT2D eigenvalue weighted by atomic mass is 10.0. The van der Waals surface area contributed by atoms with Gasteiger partial charge in [-0.1, -0.05) is 60.7 Å². The molecule has 0 bridgehead atoms. The van der Waals surface area contributed by atoms with Gasteiger partial charge >= 0.3 is 0 Å². The Morgan fingerprint density at radius 1 is 0.864 bits per heavy atom. The van der Waals surface area contributed by atoms with Gasteiger partial charge in [0.05, 0.1) is 0 Å². The van der Waals surface area contributed by atoms with E-state index in [1.165, 1.54) is 0 Å². The van der Waals surface area contributed by atoms with Crippen molar-refractivity contribution in [2.24, 2.45) is 0 Å². The lowest BCUT2D eigenvalue weighted by molar-refractivity contribution is -1.00. The van der Waals surface area contributed by atoms with Crippen LogP contribution in [-0.4, -0.2) is 30.5 Å². The van der Waals surface area contributed by atoms with E-state index >= 15 is 0 Å². The van der Waals surface area contributed by atoms with Gasteiger partial charge in [-0.25, -0.2) is 0 Å². The molecule has 4 rings (SSSR count). The Bertz CT molecular complexity index is 580. The van der Waals surface area contributed by atoms with Crippen molar-refractivity contribution in [2.75, 3.05) is 19.8 Å². The molecule has 2 aliphatic heterocycles. The molecule has 0 aliphatic carbocycles. The molecule has 2 aromatic rings. The van der Waals surface area contributed by atoms with E-state index in [0.717, 1.165) is 16.0 Å². The maximum Gasteiger partial charge on any atom is 0.221 e. The van der Waals surface area contributed by atoms with Gasteiger partial charge in [-0.3, -0.25) is 4.90 Å². The molecule has 4 heteroatoms. The van der Waals surface area contributed by atoms with Crippen LogP contribution in [0.1, 0.15) is 23.6 Å². The van der Waals surface area contributed by atoms with Gasteiger partial charge in [0.2, 0.25) is 12.5 Å². The van der Waals surface area contributed by atoms with Crippen molar-refractivity contribution < 1.29 is 19.5 Å². The number of rotatable bonds is 3. The van der Waals surface area contributed by atoms with Crippen molar-refractivity contribution in [3.8, 4) is 0 Å². The average Bonchev–Trinajstić information content (AvgIpc) is 3.14. The van der Waals surface area contributed by atoms with E-state index in [4.69, 9.17) is 9.47 Å². The predicted octanol–water partition coefficient (Wildman–Crippen LogP) is 1.06. The minimum Gasteiger partial charge on any atom is -0.390 e. The Balaban J connectivity index is 1.74. The molecule has 0 amide bonds. The van der Waals surface area contributed by atoms with Gasteiger partial charge in [0.15, 0.2) is 5.54 Å². The van der Waals surface area contributed by atoms with Gasteiger partial charge in [-0.15, -0.1) is 0 Å². The molecule has 2 saturated heterocycles. The second kappa shape index (κ2) is 5.48. The van der Waals surface area contributed by atoms with E-state index in [2.05, 4.69) is 24.3 Å². The van der Waals surface area contributed by atoms with Crippen LogP contribution in [0.5, 0.6) is 0 Å². The summed E-state index contributed by atoms with van der Waals surface area (Å²) < 4.78 is 12.1. The van der Waals surface area contributed by atoms with E-state index in [0.29, 0.717) is 13.2 Å². The fourth-order valence-electron chi connectivity index (χ4n) is 3.56. The molecular weight excluding hydrogens is 278 g/mol. The number of hydrogen-bond acceptors (Lipinski definition) is 3. The van der Waals surface area contributed by atoms with Gasteiger partial charge in [0, 0.05) is 11.1 Å². The third kappa shape index (κ3) is 2.08. The summed E-state index contributed by atoms with van der Waals surface area (Å²) in [5, 5.41) is 9.98. The first kappa shape index (κ1) is 13.9. The normalized spacial score (nSPS) is 33.8. The molecule has 2 atom stereocenters. The highest BCUT2D eigenvalue weighted by molar-refractivity contribution is 5.19. The molecule has 2 aromatic carbocycles. The van der Waals surface area contributed by atoms with E-state index in [-0.39, 0.29) is 24.6 Å². The molecule has 0 spiro atoms. The van der Waals surface area contributed by atoms with Crippen LogP contribution in [0.2, 0.25) is 0 Å². The SMILES string of the molecule is OCC12CO[C@H](c3ccccc3)[NH+]1[C@@H](c1ccccc1)OC2. The summed E-state index contributed by atoms with van der Waals surface area (Å²) >= 11 is 0. The van der Waals surface area contributed by atoms with E-state index in [9.17, 15) is 5.11 Å². The molecule has 0 saturated carbocycles. The fraction of sp³-hybridized carbons (Fsp3) is 0.333. The number of aliphatic hydroxyl groups excluding tert-OH is 1. The fourth-order valence-corrected chi connectivity index (χ4v) is 3.56. The molecule has 2 aliphatic rings. The number of nitrogens with one attached hydrogen (secondary N) is 1. The van der Waals surface area contributed by atoms with E-state index in [1.54, 1.807) is 0 Å². The molecule has 2 heterocycles. The summed E-state index contributed by atoms with van der Waals surface area (Å²) in [6.45, 7) is 1.10. The monoisotopic (exact) mass is 298 g/mol. The summed E-state index contributed by atoms with van der Waals surface area (Å²) in [6, 6.07) is 20.4. The largest absolute Gasteiger partial charge is 0.390 e. The number of ether oxygens (including phenoxy) is 2. The molecule has 22 heavy (non-hydrogen) atoms. The smallest absolute Gasteiger partial charge is 0.221 e. The third-order valence-corrected chi connectivity index (χ3v) is 4.74. The second-order valence-corrected chi connectivity index (χ2v) is 6.10. The van der Waals surface area contributed by atoms with Gasteiger partial charge in [0.25, 0.3) is 0 Å². The van der Waals surface area contributed by atoms with Crippen LogP contribution >= 0.6 is 0 Å². The zero-order valence-corrected chi connectivity index (χ0v) is 12.3. The zero-order valence-electron chi connectivity index (χ0n) is 12.3. The number of quaternary nitrogens is 1. The minimum atomic E-state index is -0.374. The molecule has 2 N–H and O–H groups in total.